The van der Waals surface area contributed by atoms with Crippen molar-refractivity contribution in [1.29, 1.82) is 0 Å². The molecule has 0 saturated carbocycles. The molecule has 1 aromatic rings. The highest BCUT2D eigenvalue weighted by atomic mass is 19.3. The van der Waals surface area contributed by atoms with E-state index in [2.05, 4.69) is 20.0 Å². The van der Waals surface area contributed by atoms with Gasteiger partial charge in [0.25, 0.3) is 6.43 Å². The summed E-state index contributed by atoms with van der Waals surface area (Å²) in [5.74, 6) is 0.522. The topological polar surface area (TPSA) is 51.0 Å². The lowest BCUT2D eigenvalue weighted by Crippen LogP contribution is -2.34. The summed E-state index contributed by atoms with van der Waals surface area (Å²) in [4.78, 5) is 3.75. The number of alkyl halides is 2. The van der Waals surface area contributed by atoms with Gasteiger partial charge in [-0.05, 0) is 6.92 Å². The van der Waals surface area contributed by atoms with Gasteiger partial charge in [0.05, 0.1) is 6.04 Å². The molecule has 0 aliphatic heterocycles. The van der Waals surface area contributed by atoms with Gasteiger partial charge in [0.15, 0.2) is 5.82 Å². The van der Waals surface area contributed by atoms with Crippen LogP contribution in [0.15, 0.2) is 10.9 Å². The second kappa shape index (κ2) is 4.86. The molecule has 0 amide bonds. The number of nitrogens with one attached hydrogen (secondary N) is 1. The second-order valence-electron chi connectivity index (χ2n) is 2.67. The molecule has 0 fully saturated rings. The van der Waals surface area contributed by atoms with Crippen LogP contribution in [0.25, 0.3) is 0 Å². The van der Waals surface area contributed by atoms with Crippen LogP contribution in [0.3, 0.4) is 0 Å². The number of hydrogen-bond acceptors (Lipinski definition) is 4. The van der Waals surface area contributed by atoms with Gasteiger partial charge in [0, 0.05) is 13.0 Å². The summed E-state index contributed by atoms with van der Waals surface area (Å²) < 4.78 is 28.4. The molecule has 1 N–H and O–H groups in total. The van der Waals surface area contributed by atoms with E-state index in [0.29, 0.717) is 18.8 Å². The second-order valence-corrected chi connectivity index (χ2v) is 2.67. The number of nitrogens with zero attached hydrogens (tertiary/aromatic N) is 2. The number of halogens is 2. The van der Waals surface area contributed by atoms with Crippen molar-refractivity contribution < 1.29 is 13.3 Å². The van der Waals surface area contributed by atoms with Crippen molar-refractivity contribution in [1.82, 2.24) is 15.5 Å². The third-order valence-electron chi connectivity index (χ3n) is 1.60. The minimum Gasteiger partial charge on any atom is -0.343 e. The fourth-order valence-corrected chi connectivity index (χ4v) is 0.803. The summed E-state index contributed by atoms with van der Waals surface area (Å²) in [5.41, 5.74) is 0. The Morgan fingerprint density at radius 1 is 1.62 bits per heavy atom. The SMILES string of the molecule is CC(NCCc1ncon1)C(F)F. The van der Waals surface area contributed by atoms with Crippen LogP contribution < -0.4 is 5.32 Å². The maximum atomic E-state index is 12.0. The first-order valence-electron chi connectivity index (χ1n) is 3.97. The third-order valence-corrected chi connectivity index (χ3v) is 1.60. The molecular weight excluding hydrogens is 180 g/mol. The number of rotatable bonds is 5. The Morgan fingerprint density at radius 2 is 2.38 bits per heavy atom. The minimum atomic E-state index is -2.34. The maximum Gasteiger partial charge on any atom is 0.253 e. The van der Waals surface area contributed by atoms with Gasteiger partial charge in [-0.15, -0.1) is 0 Å². The quantitative estimate of drug-likeness (QED) is 0.749. The Kier molecular flexibility index (Phi) is 3.75. The average molecular weight is 191 g/mol. The number of aromatic nitrogens is 2. The van der Waals surface area contributed by atoms with Crippen molar-refractivity contribution in [2.24, 2.45) is 0 Å². The first-order valence-corrected chi connectivity index (χ1v) is 3.97. The van der Waals surface area contributed by atoms with Crippen LogP contribution in [0.5, 0.6) is 0 Å². The van der Waals surface area contributed by atoms with Gasteiger partial charge >= 0.3 is 0 Å². The monoisotopic (exact) mass is 191 g/mol. The number of hydrogen-bond donors (Lipinski definition) is 1. The Morgan fingerprint density at radius 3 is 2.92 bits per heavy atom. The fourth-order valence-electron chi connectivity index (χ4n) is 0.803. The van der Waals surface area contributed by atoms with Crippen LogP contribution in [0, 0.1) is 0 Å². The zero-order valence-electron chi connectivity index (χ0n) is 7.20. The lowest BCUT2D eigenvalue weighted by molar-refractivity contribution is 0.106. The highest BCUT2D eigenvalue weighted by molar-refractivity contribution is 4.79. The largest absolute Gasteiger partial charge is 0.343 e. The molecule has 0 aliphatic carbocycles. The van der Waals surface area contributed by atoms with Gasteiger partial charge in [-0.25, -0.2) is 8.78 Å². The lowest BCUT2D eigenvalue weighted by atomic mass is 10.3. The van der Waals surface area contributed by atoms with Crippen LogP contribution in [0.2, 0.25) is 0 Å². The van der Waals surface area contributed by atoms with Crippen LogP contribution in [0.4, 0.5) is 8.78 Å². The normalized spacial score (nSPS) is 13.5. The van der Waals surface area contributed by atoms with Crippen molar-refractivity contribution in [2.45, 2.75) is 25.8 Å². The molecule has 0 aliphatic rings. The van der Waals surface area contributed by atoms with Crippen LogP contribution >= 0.6 is 0 Å². The fraction of sp³-hybridized carbons (Fsp3) is 0.714. The van der Waals surface area contributed by atoms with Gasteiger partial charge in [0.1, 0.15) is 0 Å². The van der Waals surface area contributed by atoms with Crippen molar-refractivity contribution in [3.63, 3.8) is 0 Å². The van der Waals surface area contributed by atoms with Gasteiger partial charge in [-0.1, -0.05) is 5.16 Å². The summed E-state index contributed by atoms with van der Waals surface area (Å²) >= 11 is 0. The van der Waals surface area contributed by atoms with E-state index in [1.807, 2.05) is 0 Å². The predicted octanol–water partition coefficient (Wildman–Crippen LogP) is 0.855. The molecule has 0 bridgehead atoms. The van der Waals surface area contributed by atoms with Gasteiger partial charge in [-0.3, -0.25) is 0 Å². The Balaban J connectivity index is 2.14. The van der Waals surface area contributed by atoms with Gasteiger partial charge < -0.3 is 9.84 Å². The van der Waals surface area contributed by atoms with Crippen molar-refractivity contribution >= 4 is 0 Å². The smallest absolute Gasteiger partial charge is 0.253 e. The van der Waals surface area contributed by atoms with Crippen LogP contribution in [-0.2, 0) is 6.42 Å². The lowest BCUT2D eigenvalue weighted by Gasteiger charge is -2.10. The highest BCUT2D eigenvalue weighted by Gasteiger charge is 2.13. The molecule has 4 nitrogen and oxygen atoms in total. The molecule has 1 rings (SSSR count). The molecular formula is C7H11F2N3O. The molecule has 0 saturated heterocycles. The van der Waals surface area contributed by atoms with E-state index in [1.165, 1.54) is 13.3 Å². The Hall–Kier alpha value is -1.04. The van der Waals surface area contributed by atoms with Gasteiger partial charge in [0.2, 0.25) is 6.39 Å². The molecule has 0 radical (unpaired) electrons. The zero-order valence-corrected chi connectivity index (χ0v) is 7.20. The maximum absolute atomic E-state index is 12.0. The first kappa shape index (κ1) is 10.0. The van der Waals surface area contributed by atoms with Crippen molar-refractivity contribution in [3.05, 3.63) is 12.2 Å². The summed E-state index contributed by atoms with van der Waals surface area (Å²) in [6, 6.07) is -0.799. The van der Waals surface area contributed by atoms with Gasteiger partial charge in [-0.2, -0.15) is 4.98 Å². The van der Waals surface area contributed by atoms with E-state index < -0.39 is 12.5 Å². The molecule has 1 unspecified atom stereocenters. The minimum absolute atomic E-state index is 0.422. The van der Waals surface area contributed by atoms with E-state index in [4.69, 9.17) is 0 Å². The average Bonchev–Trinajstić information content (AvgIpc) is 2.56. The summed E-state index contributed by atoms with van der Waals surface area (Å²) in [6.07, 6.45) is -0.635. The Bertz CT molecular complexity index is 228. The summed E-state index contributed by atoms with van der Waals surface area (Å²) in [6.45, 7) is 1.85. The molecule has 0 aromatic carbocycles. The molecule has 0 spiro atoms. The van der Waals surface area contributed by atoms with E-state index in [-0.39, 0.29) is 0 Å². The zero-order chi connectivity index (χ0) is 9.68. The molecule has 13 heavy (non-hydrogen) atoms. The predicted molar refractivity (Wildman–Crippen MR) is 41.5 cm³/mol. The molecule has 1 aromatic heterocycles. The van der Waals surface area contributed by atoms with Crippen LogP contribution in [-0.4, -0.2) is 29.2 Å². The summed E-state index contributed by atoms with van der Waals surface area (Å²) in [5, 5.41) is 6.19. The van der Waals surface area contributed by atoms with Crippen molar-refractivity contribution in [2.75, 3.05) is 6.54 Å². The molecule has 6 heteroatoms. The Labute approximate surface area is 74.3 Å². The van der Waals surface area contributed by atoms with E-state index >= 15 is 0 Å². The van der Waals surface area contributed by atoms with E-state index in [0.717, 1.165) is 0 Å². The van der Waals surface area contributed by atoms with E-state index in [9.17, 15) is 8.78 Å². The van der Waals surface area contributed by atoms with Crippen molar-refractivity contribution in [3.8, 4) is 0 Å². The highest BCUT2D eigenvalue weighted by Crippen LogP contribution is 1.99. The molecule has 74 valence electrons. The molecule has 1 atom stereocenters. The molecule has 1 heterocycles. The first-order chi connectivity index (χ1) is 6.20. The van der Waals surface area contributed by atoms with E-state index in [1.54, 1.807) is 0 Å². The third kappa shape index (κ3) is 3.45. The standard InChI is InChI=1S/C7H11F2N3O/c1-5(7(8)9)10-3-2-6-11-4-13-12-6/h4-5,7,10H,2-3H2,1H3. The van der Waals surface area contributed by atoms with Crippen LogP contribution in [0.1, 0.15) is 12.7 Å². The summed E-state index contributed by atoms with van der Waals surface area (Å²) in [7, 11) is 0.